The SMILES string of the molecule is CSC1=CN=CC1. The summed E-state index contributed by atoms with van der Waals surface area (Å²) in [5, 5.41) is 0. The summed E-state index contributed by atoms with van der Waals surface area (Å²) in [4.78, 5) is 5.29. The van der Waals surface area contributed by atoms with E-state index in [0.717, 1.165) is 6.42 Å². The number of allylic oxidation sites excluding steroid dienone is 1. The second kappa shape index (κ2) is 2.17. The van der Waals surface area contributed by atoms with E-state index in [-0.39, 0.29) is 0 Å². The molecule has 1 aliphatic heterocycles. The molecule has 0 spiro atoms. The Balaban J connectivity index is 2.45. The van der Waals surface area contributed by atoms with Crippen LogP contribution in [0.25, 0.3) is 0 Å². The molecule has 0 aliphatic carbocycles. The second-order valence-corrected chi connectivity index (χ2v) is 2.27. The van der Waals surface area contributed by atoms with Crippen LogP contribution < -0.4 is 0 Å². The van der Waals surface area contributed by atoms with E-state index in [1.165, 1.54) is 4.91 Å². The van der Waals surface area contributed by atoms with Crippen LogP contribution in [0.15, 0.2) is 16.1 Å². The molecule has 0 amide bonds. The van der Waals surface area contributed by atoms with Crippen LogP contribution in [0.3, 0.4) is 0 Å². The highest BCUT2D eigenvalue weighted by atomic mass is 32.2. The van der Waals surface area contributed by atoms with Gasteiger partial charge in [0.2, 0.25) is 0 Å². The molecule has 1 rings (SSSR count). The van der Waals surface area contributed by atoms with Gasteiger partial charge in [0.25, 0.3) is 0 Å². The molecule has 0 fully saturated rings. The lowest BCUT2D eigenvalue weighted by Gasteiger charge is -1.86. The minimum absolute atomic E-state index is 1.04. The smallest absolute Gasteiger partial charge is 0.0362 e. The third kappa shape index (κ3) is 1.06. The van der Waals surface area contributed by atoms with Gasteiger partial charge in [-0.25, -0.2) is 0 Å². The first-order chi connectivity index (χ1) is 3.43. The minimum atomic E-state index is 1.04. The van der Waals surface area contributed by atoms with Crippen LogP contribution in [0.2, 0.25) is 0 Å². The summed E-state index contributed by atoms with van der Waals surface area (Å²) in [6.07, 6.45) is 6.94. The van der Waals surface area contributed by atoms with Crippen LogP contribution in [-0.4, -0.2) is 12.5 Å². The van der Waals surface area contributed by atoms with Crippen molar-refractivity contribution < 1.29 is 0 Å². The average Bonchev–Trinajstić information content (AvgIpc) is 2.14. The van der Waals surface area contributed by atoms with Crippen molar-refractivity contribution in [3.8, 4) is 0 Å². The van der Waals surface area contributed by atoms with Gasteiger partial charge in [-0.2, -0.15) is 0 Å². The lowest BCUT2D eigenvalue weighted by Crippen LogP contribution is -1.66. The van der Waals surface area contributed by atoms with Gasteiger partial charge >= 0.3 is 0 Å². The predicted octanol–water partition coefficient (Wildman–Crippen LogP) is 1.67. The molecule has 0 bridgehead atoms. The van der Waals surface area contributed by atoms with Crippen LogP contribution >= 0.6 is 11.8 Å². The summed E-state index contributed by atoms with van der Waals surface area (Å²) in [5.74, 6) is 0. The van der Waals surface area contributed by atoms with Crippen molar-refractivity contribution in [1.82, 2.24) is 0 Å². The van der Waals surface area contributed by atoms with Gasteiger partial charge in [-0.3, -0.25) is 4.99 Å². The van der Waals surface area contributed by atoms with E-state index >= 15 is 0 Å². The standard InChI is InChI=1S/C5H7NS/c1-7-5-2-3-6-4-5/h3-4H,2H2,1H3. The Morgan fingerprint density at radius 3 is 3.00 bits per heavy atom. The Labute approximate surface area is 47.5 Å². The zero-order valence-electron chi connectivity index (χ0n) is 4.22. The average molecular weight is 113 g/mol. The monoisotopic (exact) mass is 113 g/mol. The maximum Gasteiger partial charge on any atom is 0.0362 e. The van der Waals surface area contributed by atoms with E-state index in [4.69, 9.17) is 0 Å². The Kier molecular flexibility index (Phi) is 1.52. The first-order valence-corrected chi connectivity index (χ1v) is 3.40. The molecule has 1 aliphatic rings. The largest absolute Gasteiger partial charge is 0.268 e. The van der Waals surface area contributed by atoms with E-state index in [9.17, 15) is 0 Å². The van der Waals surface area contributed by atoms with Gasteiger partial charge < -0.3 is 0 Å². The Morgan fingerprint density at radius 1 is 1.86 bits per heavy atom. The quantitative estimate of drug-likeness (QED) is 0.504. The molecule has 0 aromatic carbocycles. The molecule has 7 heavy (non-hydrogen) atoms. The lowest BCUT2D eigenvalue weighted by molar-refractivity contribution is 1.55. The normalized spacial score (nSPS) is 17.6. The molecule has 0 aromatic heterocycles. The van der Waals surface area contributed by atoms with E-state index in [0.29, 0.717) is 0 Å². The fourth-order valence-electron chi connectivity index (χ4n) is 0.467. The van der Waals surface area contributed by atoms with Gasteiger partial charge in [0, 0.05) is 23.7 Å². The molecule has 0 N–H and O–H groups in total. The third-order valence-corrected chi connectivity index (χ3v) is 1.68. The number of hydrogen-bond acceptors (Lipinski definition) is 2. The lowest BCUT2D eigenvalue weighted by atomic mass is 10.5. The zero-order chi connectivity index (χ0) is 5.11. The van der Waals surface area contributed by atoms with Crippen molar-refractivity contribution in [3.05, 3.63) is 11.1 Å². The van der Waals surface area contributed by atoms with Crippen LogP contribution in [0.1, 0.15) is 6.42 Å². The molecular weight excluding hydrogens is 106 g/mol. The first kappa shape index (κ1) is 4.91. The van der Waals surface area contributed by atoms with Crippen molar-refractivity contribution in [2.75, 3.05) is 6.26 Å². The Hall–Kier alpha value is -0.240. The summed E-state index contributed by atoms with van der Waals surface area (Å²) in [6, 6.07) is 0. The highest BCUT2D eigenvalue weighted by molar-refractivity contribution is 8.02. The summed E-state index contributed by atoms with van der Waals surface area (Å²) in [7, 11) is 0. The third-order valence-electron chi connectivity index (χ3n) is 0.879. The van der Waals surface area contributed by atoms with Crippen LogP contribution in [0.4, 0.5) is 0 Å². The van der Waals surface area contributed by atoms with Gasteiger partial charge in [-0.05, 0) is 6.26 Å². The maximum absolute atomic E-state index is 3.93. The molecule has 0 unspecified atom stereocenters. The van der Waals surface area contributed by atoms with E-state index in [1.807, 2.05) is 12.4 Å². The number of hydrogen-bond donors (Lipinski definition) is 0. The fourth-order valence-corrected chi connectivity index (χ4v) is 0.875. The molecule has 38 valence electrons. The van der Waals surface area contributed by atoms with Crippen LogP contribution in [-0.2, 0) is 0 Å². The van der Waals surface area contributed by atoms with Gasteiger partial charge in [-0.1, -0.05) is 0 Å². The van der Waals surface area contributed by atoms with Gasteiger partial charge in [-0.15, -0.1) is 11.8 Å². The minimum Gasteiger partial charge on any atom is -0.268 e. The summed E-state index contributed by atoms with van der Waals surface area (Å²) >= 11 is 1.77. The molecule has 0 radical (unpaired) electrons. The predicted molar refractivity (Wildman–Crippen MR) is 34.7 cm³/mol. The van der Waals surface area contributed by atoms with Crippen LogP contribution in [0.5, 0.6) is 0 Å². The number of rotatable bonds is 1. The van der Waals surface area contributed by atoms with E-state index < -0.39 is 0 Å². The van der Waals surface area contributed by atoms with E-state index in [1.54, 1.807) is 11.8 Å². The highest BCUT2D eigenvalue weighted by Gasteiger charge is 1.94. The number of thioether (sulfide) groups is 1. The topological polar surface area (TPSA) is 12.4 Å². The molecule has 0 saturated heterocycles. The fraction of sp³-hybridized carbons (Fsp3) is 0.400. The first-order valence-electron chi connectivity index (χ1n) is 2.18. The van der Waals surface area contributed by atoms with Crippen molar-refractivity contribution in [2.45, 2.75) is 6.42 Å². The maximum atomic E-state index is 3.93. The molecule has 2 heteroatoms. The van der Waals surface area contributed by atoms with Crippen molar-refractivity contribution in [2.24, 2.45) is 4.99 Å². The summed E-state index contributed by atoms with van der Waals surface area (Å²) in [6.45, 7) is 0. The molecule has 1 nitrogen and oxygen atoms in total. The number of aliphatic imine (C=N–C) groups is 1. The zero-order valence-corrected chi connectivity index (χ0v) is 5.03. The van der Waals surface area contributed by atoms with Crippen LogP contribution in [0, 0.1) is 0 Å². The van der Waals surface area contributed by atoms with Gasteiger partial charge in [0.05, 0.1) is 0 Å². The molecule has 0 saturated carbocycles. The molecular formula is C5H7NS. The van der Waals surface area contributed by atoms with E-state index in [2.05, 4.69) is 11.2 Å². The van der Waals surface area contributed by atoms with Crippen molar-refractivity contribution >= 4 is 18.0 Å². The molecule has 1 heterocycles. The second-order valence-electron chi connectivity index (χ2n) is 1.34. The highest BCUT2D eigenvalue weighted by Crippen LogP contribution is 2.17. The van der Waals surface area contributed by atoms with Crippen molar-refractivity contribution in [3.63, 3.8) is 0 Å². The Bertz CT molecular complexity index is 115. The van der Waals surface area contributed by atoms with Gasteiger partial charge in [0.1, 0.15) is 0 Å². The van der Waals surface area contributed by atoms with Crippen molar-refractivity contribution in [1.29, 1.82) is 0 Å². The summed E-state index contributed by atoms with van der Waals surface area (Å²) in [5.41, 5.74) is 0. The Morgan fingerprint density at radius 2 is 2.71 bits per heavy atom. The summed E-state index contributed by atoms with van der Waals surface area (Å²) < 4.78 is 0. The number of nitrogens with zero attached hydrogens (tertiary/aromatic N) is 1. The molecule has 0 atom stereocenters. The van der Waals surface area contributed by atoms with Gasteiger partial charge in [0.15, 0.2) is 0 Å². The molecule has 0 aromatic rings.